The Morgan fingerprint density at radius 3 is 2.07 bits per heavy atom. The molecule has 1 aliphatic rings. The van der Waals surface area contributed by atoms with E-state index in [0.717, 1.165) is 10.5 Å². The average Bonchev–Trinajstić information content (AvgIpc) is 2.91. The van der Waals surface area contributed by atoms with Crippen molar-refractivity contribution in [3.8, 4) is 0 Å². The van der Waals surface area contributed by atoms with Gasteiger partial charge in [-0.15, -0.1) is 0 Å². The first kappa shape index (κ1) is 18.8. The molecular weight excluding hydrogens is 342 g/mol. The van der Waals surface area contributed by atoms with Gasteiger partial charge in [0.2, 0.25) is 5.91 Å². The Labute approximate surface area is 158 Å². The summed E-state index contributed by atoms with van der Waals surface area (Å²) in [5.74, 6) is -1.16. The monoisotopic (exact) mass is 365 g/mol. The normalized spacial score (nSPS) is 14.4. The van der Waals surface area contributed by atoms with Gasteiger partial charge in [0.05, 0.1) is 11.1 Å². The molecule has 0 aromatic heterocycles. The fraction of sp³-hybridized carbons (Fsp3) is 0.286. The van der Waals surface area contributed by atoms with E-state index in [-0.39, 0.29) is 12.3 Å². The second-order valence-corrected chi connectivity index (χ2v) is 6.83. The van der Waals surface area contributed by atoms with Gasteiger partial charge in [-0.3, -0.25) is 19.3 Å². The van der Waals surface area contributed by atoms with Crippen molar-refractivity contribution in [2.75, 3.05) is 27.2 Å². The molecule has 2 aromatic carbocycles. The average molecular weight is 365 g/mol. The largest absolute Gasteiger partial charge is 0.353 e. The number of rotatable bonds is 7. The molecule has 0 aliphatic carbocycles. The van der Waals surface area contributed by atoms with Gasteiger partial charge in [0.1, 0.15) is 6.04 Å². The van der Waals surface area contributed by atoms with Crippen molar-refractivity contribution in [3.05, 3.63) is 71.3 Å². The summed E-state index contributed by atoms with van der Waals surface area (Å²) in [6.45, 7) is 1.12. The van der Waals surface area contributed by atoms with E-state index in [9.17, 15) is 14.4 Å². The second-order valence-electron chi connectivity index (χ2n) is 6.83. The number of benzene rings is 2. The van der Waals surface area contributed by atoms with Gasteiger partial charge in [0.25, 0.3) is 11.8 Å². The van der Waals surface area contributed by atoms with Crippen LogP contribution in [-0.4, -0.2) is 60.7 Å². The van der Waals surface area contributed by atoms with E-state index in [1.54, 1.807) is 24.3 Å². The van der Waals surface area contributed by atoms with Crippen molar-refractivity contribution in [2.24, 2.45) is 0 Å². The van der Waals surface area contributed by atoms with E-state index in [1.165, 1.54) is 0 Å². The van der Waals surface area contributed by atoms with Crippen LogP contribution in [0.3, 0.4) is 0 Å². The molecule has 0 saturated carbocycles. The number of hydrogen-bond acceptors (Lipinski definition) is 4. The van der Waals surface area contributed by atoms with Gasteiger partial charge in [-0.25, -0.2) is 0 Å². The molecular formula is C21H23N3O3. The molecule has 1 atom stereocenters. The van der Waals surface area contributed by atoms with Crippen LogP contribution in [0.4, 0.5) is 0 Å². The van der Waals surface area contributed by atoms with Crippen molar-refractivity contribution in [1.82, 2.24) is 15.1 Å². The Balaban J connectivity index is 1.87. The predicted molar refractivity (Wildman–Crippen MR) is 102 cm³/mol. The summed E-state index contributed by atoms with van der Waals surface area (Å²) in [5, 5.41) is 2.85. The molecule has 0 radical (unpaired) electrons. The van der Waals surface area contributed by atoms with Crippen LogP contribution in [0.2, 0.25) is 0 Å². The quantitative estimate of drug-likeness (QED) is 0.757. The maximum atomic E-state index is 12.9. The highest BCUT2D eigenvalue weighted by atomic mass is 16.2. The van der Waals surface area contributed by atoms with Crippen molar-refractivity contribution >= 4 is 17.7 Å². The van der Waals surface area contributed by atoms with Gasteiger partial charge in [-0.2, -0.15) is 0 Å². The topological polar surface area (TPSA) is 69.7 Å². The van der Waals surface area contributed by atoms with Crippen LogP contribution < -0.4 is 5.32 Å². The number of carbonyl (C=O) groups excluding carboxylic acids is 3. The molecule has 6 heteroatoms. The first-order valence-corrected chi connectivity index (χ1v) is 8.92. The summed E-state index contributed by atoms with van der Waals surface area (Å²) >= 11 is 0. The molecule has 0 spiro atoms. The first-order chi connectivity index (χ1) is 13.0. The van der Waals surface area contributed by atoms with Gasteiger partial charge in [0, 0.05) is 19.5 Å². The third-order valence-electron chi connectivity index (χ3n) is 4.57. The summed E-state index contributed by atoms with van der Waals surface area (Å²) in [6, 6.07) is 15.2. The fourth-order valence-corrected chi connectivity index (χ4v) is 3.15. The Bertz CT molecular complexity index is 814. The first-order valence-electron chi connectivity index (χ1n) is 8.92. The Kier molecular flexibility index (Phi) is 5.66. The zero-order chi connectivity index (χ0) is 19.4. The fourth-order valence-electron chi connectivity index (χ4n) is 3.15. The summed E-state index contributed by atoms with van der Waals surface area (Å²) in [7, 11) is 3.83. The lowest BCUT2D eigenvalue weighted by atomic mass is 10.0. The third kappa shape index (κ3) is 4.06. The highest BCUT2D eigenvalue weighted by Gasteiger charge is 2.42. The second kappa shape index (κ2) is 8.14. The Morgan fingerprint density at radius 1 is 0.963 bits per heavy atom. The van der Waals surface area contributed by atoms with Crippen LogP contribution in [0.25, 0.3) is 0 Å². The lowest BCUT2D eigenvalue weighted by Gasteiger charge is -2.26. The van der Waals surface area contributed by atoms with Gasteiger partial charge in [-0.1, -0.05) is 42.5 Å². The van der Waals surface area contributed by atoms with E-state index in [2.05, 4.69) is 5.32 Å². The smallest absolute Gasteiger partial charge is 0.262 e. The number of hydrogen-bond donors (Lipinski definition) is 1. The Morgan fingerprint density at radius 2 is 1.52 bits per heavy atom. The number of likely N-dealkylation sites (N-methyl/N-ethyl adjacent to an activating group) is 1. The molecule has 0 bridgehead atoms. The van der Waals surface area contributed by atoms with Crippen LogP contribution in [-0.2, 0) is 11.2 Å². The van der Waals surface area contributed by atoms with Gasteiger partial charge in [0.15, 0.2) is 0 Å². The summed E-state index contributed by atoms with van der Waals surface area (Å²) in [6.07, 6.45) is 0.278. The zero-order valence-corrected chi connectivity index (χ0v) is 15.5. The number of fused-ring (bicyclic) bond motifs is 1. The molecule has 0 saturated heterocycles. The van der Waals surface area contributed by atoms with Crippen LogP contribution in [0.15, 0.2) is 54.6 Å². The van der Waals surface area contributed by atoms with Crippen molar-refractivity contribution < 1.29 is 14.4 Å². The third-order valence-corrected chi connectivity index (χ3v) is 4.57. The highest BCUT2D eigenvalue weighted by Crippen LogP contribution is 2.26. The molecule has 3 amide bonds. The molecule has 1 heterocycles. The zero-order valence-electron chi connectivity index (χ0n) is 15.5. The van der Waals surface area contributed by atoms with Crippen molar-refractivity contribution in [3.63, 3.8) is 0 Å². The molecule has 1 aliphatic heterocycles. The lowest BCUT2D eigenvalue weighted by molar-refractivity contribution is -0.125. The van der Waals surface area contributed by atoms with Gasteiger partial charge < -0.3 is 10.2 Å². The van der Waals surface area contributed by atoms with E-state index in [4.69, 9.17) is 0 Å². The van der Waals surface area contributed by atoms with Crippen LogP contribution in [0.5, 0.6) is 0 Å². The van der Waals surface area contributed by atoms with Crippen LogP contribution >= 0.6 is 0 Å². The van der Waals surface area contributed by atoms with E-state index in [0.29, 0.717) is 24.2 Å². The minimum absolute atomic E-state index is 0.278. The minimum Gasteiger partial charge on any atom is -0.353 e. The van der Waals surface area contributed by atoms with Gasteiger partial charge >= 0.3 is 0 Å². The maximum Gasteiger partial charge on any atom is 0.262 e. The Hall–Kier alpha value is -2.99. The molecule has 140 valence electrons. The number of imide groups is 1. The molecule has 3 rings (SSSR count). The molecule has 6 nitrogen and oxygen atoms in total. The van der Waals surface area contributed by atoms with Gasteiger partial charge in [-0.05, 0) is 31.8 Å². The highest BCUT2D eigenvalue weighted by molar-refractivity contribution is 6.22. The summed E-state index contributed by atoms with van der Waals surface area (Å²) < 4.78 is 0. The number of carbonyl (C=O) groups is 3. The minimum atomic E-state index is -0.887. The summed E-state index contributed by atoms with van der Waals surface area (Å²) in [4.78, 5) is 41.6. The van der Waals surface area contributed by atoms with Crippen molar-refractivity contribution in [2.45, 2.75) is 12.5 Å². The lowest BCUT2D eigenvalue weighted by Crippen LogP contribution is -2.51. The number of nitrogens with zero attached hydrogens (tertiary/aromatic N) is 2. The number of amides is 3. The van der Waals surface area contributed by atoms with Crippen LogP contribution in [0.1, 0.15) is 26.3 Å². The molecule has 2 aromatic rings. The standard InChI is InChI=1S/C21H23N3O3/c1-23(2)13-12-22-19(25)18(14-15-8-4-3-5-9-15)24-20(26)16-10-6-7-11-17(16)21(24)27/h3-11,18H,12-14H2,1-2H3,(H,22,25). The molecule has 27 heavy (non-hydrogen) atoms. The van der Waals surface area contributed by atoms with E-state index in [1.807, 2.05) is 49.3 Å². The molecule has 1 N–H and O–H groups in total. The van der Waals surface area contributed by atoms with E-state index >= 15 is 0 Å². The SMILES string of the molecule is CN(C)CCNC(=O)C(Cc1ccccc1)N1C(=O)c2ccccc2C1=O. The van der Waals surface area contributed by atoms with Crippen molar-refractivity contribution in [1.29, 1.82) is 0 Å². The maximum absolute atomic E-state index is 12.9. The summed E-state index contributed by atoms with van der Waals surface area (Å²) in [5.41, 5.74) is 1.59. The molecule has 0 fully saturated rings. The van der Waals surface area contributed by atoms with E-state index < -0.39 is 17.9 Å². The number of nitrogens with one attached hydrogen (secondary N) is 1. The molecule has 1 unspecified atom stereocenters. The van der Waals surface area contributed by atoms with Crippen LogP contribution in [0, 0.1) is 0 Å². The predicted octanol–water partition coefficient (Wildman–Crippen LogP) is 1.57.